The lowest BCUT2D eigenvalue weighted by atomic mass is 10.0. The molecule has 0 saturated carbocycles. The molecule has 27 heavy (non-hydrogen) atoms. The van der Waals surface area contributed by atoms with Crippen molar-refractivity contribution in [3.8, 4) is 0 Å². The molecule has 0 unspecified atom stereocenters. The lowest BCUT2D eigenvalue weighted by molar-refractivity contribution is -0.130. The van der Waals surface area contributed by atoms with E-state index in [1.807, 2.05) is 67.6 Å². The van der Waals surface area contributed by atoms with Crippen LogP contribution in [0.2, 0.25) is 0 Å². The van der Waals surface area contributed by atoms with Gasteiger partial charge in [0, 0.05) is 13.0 Å². The van der Waals surface area contributed by atoms with E-state index in [0.717, 1.165) is 17.5 Å². The van der Waals surface area contributed by atoms with Crippen molar-refractivity contribution in [3.63, 3.8) is 0 Å². The van der Waals surface area contributed by atoms with Gasteiger partial charge in [0.1, 0.15) is 6.04 Å². The lowest BCUT2D eigenvalue weighted by Crippen LogP contribution is -2.53. The van der Waals surface area contributed by atoms with Crippen LogP contribution >= 0.6 is 0 Å². The number of hydrogen-bond donors (Lipinski definition) is 3. The normalized spacial score (nSPS) is 12.8. The Morgan fingerprint density at radius 2 is 1.33 bits per heavy atom. The molecule has 0 bridgehead atoms. The first-order valence-electron chi connectivity index (χ1n) is 9.47. The molecule has 0 aliphatic heterocycles. The van der Waals surface area contributed by atoms with Gasteiger partial charge in [-0.3, -0.25) is 9.59 Å². The van der Waals surface area contributed by atoms with E-state index in [4.69, 9.17) is 0 Å². The van der Waals surface area contributed by atoms with Crippen LogP contribution in [0.1, 0.15) is 24.5 Å². The molecule has 2 amide bonds. The zero-order valence-corrected chi connectivity index (χ0v) is 16.1. The molecule has 144 valence electrons. The predicted molar refractivity (Wildman–Crippen MR) is 108 cm³/mol. The van der Waals surface area contributed by atoms with E-state index in [1.165, 1.54) is 0 Å². The van der Waals surface area contributed by atoms with Gasteiger partial charge in [0.2, 0.25) is 11.8 Å². The minimum absolute atomic E-state index is 0.149. The van der Waals surface area contributed by atoms with Crippen LogP contribution in [0.25, 0.3) is 0 Å². The summed E-state index contributed by atoms with van der Waals surface area (Å²) in [5, 5.41) is 8.88. The second kappa shape index (κ2) is 11.1. The second-order valence-corrected chi connectivity index (χ2v) is 6.57. The Balaban J connectivity index is 2.06. The van der Waals surface area contributed by atoms with Gasteiger partial charge in [-0.05, 0) is 31.0 Å². The molecule has 0 aliphatic rings. The predicted octanol–water partition coefficient (Wildman–Crippen LogP) is 2.07. The summed E-state index contributed by atoms with van der Waals surface area (Å²) in [5.74, 6) is -0.322. The summed E-state index contributed by atoms with van der Waals surface area (Å²) in [6, 6.07) is 18.6. The van der Waals surface area contributed by atoms with E-state index in [-0.39, 0.29) is 11.8 Å². The molecule has 3 N–H and O–H groups in total. The Bertz CT molecular complexity index is 704. The average Bonchev–Trinajstić information content (AvgIpc) is 2.71. The molecular weight excluding hydrogens is 338 g/mol. The Hall–Kier alpha value is -2.66. The molecular formula is C22H29N3O2. The van der Waals surface area contributed by atoms with Gasteiger partial charge in [-0.1, -0.05) is 67.6 Å². The van der Waals surface area contributed by atoms with Crippen LogP contribution in [0.3, 0.4) is 0 Å². The van der Waals surface area contributed by atoms with Gasteiger partial charge in [-0.2, -0.15) is 0 Å². The number of carbonyl (C=O) groups excluding carboxylic acids is 2. The van der Waals surface area contributed by atoms with Crippen LogP contribution in [0, 0.1) is 0 Å². The number of carbonyl (C=O) groups is 2. The third-order valence-electron chi connectivity index (χ3n) is 4.41. The summed E-state index contributed by atoms with van der Waals surface area (Å²) in [6.45, 7) is 2.60. The van der Waals surface area contributed by atoms with Crippen LogP contribution in [0.4, 0.5) is 0 Å². The third-order valence-corrected chi connectivity index (χ3v) is 4.41. The van der Waals surface area contributed by atoms with Crippen molar-refractivity contribution in [1.82, 2.24) is 16.0 Å². The summed E-state index contributed by atoms with van der Waals surface area (Å²) in [6.07, 6.45) is 1.88. The number of rotatable bonds is 10. The van der Waals surface area contributed by atoms with E-state index in [1.54, 1.807) is 7.05 Å². The van der Waals surface area contributed by atoms with E-state index >= 15 is 0 Å². The van der Waals surface area contributed by atoms with E-state index in [0.29, 0.717) is 19.4 Å². The standard InChI is InChI=1S/C22H29N3O2/c1-3-14-24-21(26)20(16-18-12-8-5-9-13-18)25-22(27)19(23-2)15-17-10-6-4-7-11-17/h4-13,19-20,23H,3,14-16H2,1-2H3,(H,24,26)(H,25,27)/t19-,20-/m0/s1. The van der Waals surface area contributed by atoms with Gasteiger partial charge in [0.05, 0.1) is 6.04 Å². The van der Waals surface area contributed by atoms with Gasteiger partial charge >= 0.3 is 0 Å². The molecule has 2 atom stereocenters. The zero-order chi connectivity index (χ0) is 19.5. The number of nitrogens with one attached hydrogen (secondary N) is 3. The monoisotopic (exact) mass is 367 g/mol. The summed E-state index contributed by atoms with van der Waals surface area (Å²) in [4.78, 5) is 25.4. The van der Waals surface area contributed by atoms with Crippen molar-refractivity contribution in [2.45, 2.75) is 38.3 Å². The molecule has 0 aliphatic carbocycles. The maximum Gasteiger partial charge on any atom is 0.242 e. The van der Waals surface area contributed by atoms with Crippen molar-refractivity contribution in [1.29, 1.82) is 0 Å². The van der Waals surface area contributed by atoms with Crippen molar-refractivity contribution in [2.75, 3.05) is 13.6 Å². The highest BCUT2D eigenvalue weighted by molar-refractivity contribution is 5.90. The first-order chi connectivity index (χ1) is 13.1. The molecule has 5 heteroatoms. The first-order valence-corrected chi connectivity index (χ1v) is 9.47. The van der Waals surface area contributed by atoms with Crippen LogP contribution in [-0.4, -0.2) is 37.5 Å². The van der Waals surface area contributed by atoms with Crippen LogP contribution < -0.4 is 16.0 Å². The van der Waals surface area contributed by atoms with Crippen molar-refractivity contribution >= 4 is 11.8 Å². The fourth-order valence-corrected chi connectivity index (χ4v) is 2.88. The highest BCUT2D eigenvalue weighted by atomic mass is 16.2. The minimum Gasteiger partial charge on any atom is -0.354 e. The number of hydrogen-bond acceptors (Lipinski definition) is 3. The Kier molecular flexibility index (Phi) is 8.52. The van der Waals surface area contributed by atoms with Gasteiger partial charge in [-0.15, -0.1) is 0 Å². The summed E-state index contributed by atoms with van der Waals surface area (Å²) < 4.78 is 0. The smallest absolute Gasteiger partial charge is 0.242 e. The highest BCUT2D eigenvalue weighted by Crippen LogP contribution is 2.06. The first kappa shape index (κ1) is 20.6. The highest BCUT2D eigenvalue weighted by Gasteiger charge is 2.25. The summed E-state index contributed by atoms with van der Waals surface area (Å²) in [5.41, 5.74) is 2.08. The SMILES string of the molecule is CCCNC(=O)[C@H](Cc1ccccc1)NC(=O)[C@H](Cc1ccccc1)NC. The lowest BCUT2D eigenvalue weighted by Gasteiger charge is -2.22. The number of amides is 2. The molecule has 5 nitrogen and oxygen atoms in total. The van der Waals surface area contributed by atoms with Gasteiger partial charge in [-0.25, -0.2) is 0 Å². The maximum atomic E-state index is 12.8. The maximum absolute atomic E-state index is 12.8. The van der Waals surface area contributed by atoms with E-state index < -0.39 is 12.1 Å². The summed E-state index contributed by atoms with van der Waals surface area (Å²) in [7, 11) is 1.76. The van der Waals surface area contributed by atoms with Crippen molar-refractivity contribution in [3.05, 3.63) is 71.8 Å². The zero-order valence-electron chi connectivity index (χ0n) is 16.1. The summed E-state index contributed by atoms with van der Waals surface area (Å²) >= 11 is 0. The molecule has 2 aromatic carbocycles. The Morgan fingerprint density at radius 1 is 0.815 bits per heavy atom. The second-order valence-electron chi connectivity index (χ2n) is 6.57. The van der Waals surface area contributed by atoms with Gasteiger partial charge in [0.15, 0.2) is 0 Å². The molecule has 2 rings (SSSR count). The molecule has 0 radical (unpaired) electrons. The molecule has 0 saturated heterocycles. The average molecular weight is 367 g/mol. The topological polar surface area (TPSA) is 70.2 Å². The van der Waals surface area contributed by atoms with Crippen LogP contribution in [-0.2, 0) is 22.4 Å². The molecule has 2 aromatic rings. The fraction of sp³-hybridized carbons (Fsp3) is 0.364. The van der Waals surface area contributed by atoms with Gasteiger partial charge in [0.25, 0.3) is 0 Å². The van der Waals surface area contributed by atoms with Crippen molar-refractivity contribution < 1.29 is 9.59 Å². The Labute approximate surface area is 161 Å². The largest absolute Gasteiger partial charge is 0.354 e. The number of likely N-dealkylation sites (N-methyl/N-ethyl adjacent to an activating group) is 1. The minimum atomic E-state index is -0.599. The Morgan fingerprint density at radius 3 is 1.81 bits per heavy atom. The van der Waals surface area contributed by atoms with E-state index in [2.05, 4.69) is 16.0 Å². The molecule has 0 fully saturated rings. The molecule has 0 spiro atoms. The van der Waals surface area contributed by atoms with Crippen molar-refractivity contribution in [2.24, 2.45) is 0 Å². The van der Waals surface area contributed by atoms with Crippen LogP contribution in [0.15, 0.2) is 60.7 Å². The van der Waals surface area contributed by atoms with Crippen LogP contribution in [0.5, 0.6) is 0 Å². The van der Waals surface area contributed by atoms with E-state index in [9.17, 15) is 9.59 Å². The quantitative estimate of drug-likeness (QED) is 0.602. The molecule has 0 aromatic heterocycles. The third kappa shape index (κ3) is 6.87. The fourth-order valence-electron chi connectivity index (χ4n) is 2.88. The number of benzene rings is 2. The molecule has 0 heterocycles. The van der Waals surface area contributed by atoms with Gasteiger partial charge < -0.3 is 16.0 Å².